The second-order valence-electron chi connectivity index (χ2n) is 4.14. The molecule has 21 heavy (non-hydrogen) atoms. The maximum atomic E-state index is 13.8. The molecule has 0 saturated heterocycles. The Morgan fingerprint density at radius 2 is 1.90 bits per heavy atom. The monoisotopic (exact) mass is 349 g/mol. The highest BCUT2D eigenvalue weighted by atomic mass is 35.5. The van der Waals surface area contributed by atoms with E-state index in [9.17, 15) is 12.8 Å². The minimum Gasteiger partial charge on any atom is -0.486 e. The molecule has 2 aromatic carbocycles. The van der Waals surface area contributed by atoms with Gasteiger partial charge in [0.25, 0.3) is 0 Å². The van der Waals surface area contributed by atoms with Crippen LogP contribution in [0, 0.1) is 5.82 Å². The van der Waals surface area contributed by atoms with Gasteiger partial charge in [-0.1, -0.05) is 35.3 Å². The quantitative estimate of drug-likeness (QED) is 0.919. The SMILES string of the molecule is NS(=O)(=O)c1ccc(OCc2cccc(Cl)c2Cl)c(F)c1. The highest BCUT2D eigenvalue weighted by Gasteiger charge is 2.13. The first kappa shape index (κ1) is 16.0. The van der Waals surface area contributed by atoms with Gasteiger partial charge in [-0.3, -0.25) is 0 Å². The van der Waals surface area contributed by atoms with E-state index in [2.05, 4.69) is 0 Å². The molecule has 112 valence electrons. The van der Waals surface area contributed by atoms with Gasteiger partial charge in [0.1, 0.15) is 6.61 Å². The number of halogens is 3. The minimum absolute atomic E-state index is 0.00889. The van der Waals surface area contributed by atoms with Gasteiger partial charge < -0.3 is 4.74 Å². The number of rotatable bonds is 4. The lowest BCUT2D eigenvalue weighted by molar-refractivity contribution is 0.290. The Morgan fingerprint density at radius 3 is 2.52 bits per heavy atom. The van der Waals surface area contributed by atoms with Crippen LogP contribution in [-0.4, -0.2) is 8.42 Å². The number of sulfonamides is 1. The number of hydrogen-bond donors (Lipinski definition) is 1. The van der Waals surface area contributed by atoms with Crippen molar-refractivity contribution in [2.45, 2.75) is 11.5 Å². The van der Waals surface area contributed by atoms with Gasteiger partial charge in [0, 0.05) is 5.56 Å². The fourth-order valence-corrected chi connectivity index (χ4v) is 2.49. The number of nitrogens with two attached hydrogens (primary N) is 1. The van der Waals surface area contributed by atoms with E-state index in [0.29, 0.717) is 15.6 Å². The molecule has 0 fully saturated rings. The van der Waals surface area contributed by atoms with Crippen LogP contribution in [0.1, 0.15) is 5.56 Å². The Bertz CT molecular complexity index is 781. The van der Waals surface area contributed by atoms with E-state index in [4.69, 9.17) is 33.1 Å². The van der Waals surface area contributed by atoms with Crippen molar-refractivity contribution in [2.24, 2.45) is 5.14 Å². The highest BCUT2D eigenvalue weighted by molar-refractivity contribution is 7.89. The summed E-state index contributed by atoms with van der Waals surface area (Å²) >= 11 is 11.8. The Hall–Kier alpha value is -1.34. The number of benzene rings is 2. The molecule has 0 aromatic heterocycles. The highest BCUT2D eigenvalue weighted by Crippen LogP contribution is 2.27. The average molecular weight is 350 g/mol. The van der Waals surface area contributed by atoms with Gasteiger partial charge >= 0.3 is 0 Å². The Balaban J connectivity index is 2.19. The van der Waals surface area contributed by atoms with Crippen molar-refractivity contribution >= 4 is 33.2 Å². The van der Waals surface area contributed by atoms with Crippen molar-refractivity contribution in [1.82, 2.24) is 0 Å². The largest absolute Gasteiger partial charge is 0.486 e. The van der Waals surface area contributed by atoms with E-state index in [1.54, 1.807) is 18.2 Å². The zero-order valence-electron chi connectivity index (χ0n) is 10.5. The summed E-state index contributed by atoms with van der Waals surface area (Å²) in [4.78, 5) is -0.326. The first-order valence-corrected chi connectivity index (χ1v) is 7.97. The molecule has 0 aliphatic rings. The maximum absolute atomic E-state index is 13.8. The number of primary sulfonamides is 1. The molecular formula is C13H10Cl2FNO3S. The van der Waals surface area contributed by atoms with Crippen LogP contribution in [0.2, 0.25) is 10.0 Å². The Labute approximate surface area is 131 Å². The van der Waals surface area contributed by atoms with Crippen LogP contribution < -0.4 is 9.88 Å². The van der Waals surface area contributed by atoms with Crippen molar-refractivity contribution < 1.29 is 17.5 Å². The van der Waals surface area contributed by atoms with Crippen molar-refractivity contribution in [3.05, 3.63) is 57.8 Å². The van der Waals surface area contributed by atoms with Gasteiger partial charge in [0.05, 0.1) is 14.9 Å². The third-order valence-corrected chi connectivity index (χ3v) is 4.42. The van der Waals surface area contributed by atoms with E-state index in [-0.39, 0.29) is 17.3 Å². The van der Waals surface area contributed by atoms with Gasteiger partial charge in [-0.05, 0) is 24.3 Å². The second kappa shape index (κ2) is 6.19. The van der Waals surface area contributed by atoms with Crippen LogP contribution in [0.15, 0.2) is 41.3 Å². The molecule has 2 N–H and O–H groups in total. The topological polar surface area (TPSA) is 69.4 Å². The summed E-state index contributed by atoms with van der Waals surface area (Å²) in [6.07, 6.45) is 0. The molecule has 0 heterocycles. The summed E-state index contributed by atoms with van der Waals surface area (Å²) in [5.74, 6) is -0.946. The smallest absolute Gasteiger partial charge is 0.238 e. The predicted octanol–water partition coefficient (Wildman–Crippen LogP) is 3.36. The molecule has 4 nitrogen and oxygen atoms in total. The zero-order valence-corrected chi connectivity index (χ0v) is 12.8. The van der Waals surface area contributed by atoms with E-state index < -0.39 is 15.8 Å². The van der Waals surface area contributed by atoms with Gasteiger partial charge in [0.2, 0.25) is 10.0 Å². The average Bonchev–Trinajstić information content (AvgIpc) is 2.40. The molecule has 0 unspecified atom stereocenters. The standard InChI is InChI=1S/C13H10Cl2FNO3S/c14-10-3-1-2-8(13(10)15)7-20-12-5-4-9(6-11(12)16)21(17,18)19/h1-6H,7H2,(H2,17,18,19). The fourth-order valence-electron chi connectivity index (χ4n) is 1.59. The third-order valence-electron chi connectivity index (χ3n) is 2.65. The summed E-state index contributed by atoms with van der Waals surface area (Å²) in [5, 5.41) is 5.59. The lowest BCUT2D eigenvalue weighted by Gasteiger charge is -2.10. The first-order chi connectivity index (χ1) is 9.79. The van der Waals surface area contributed by atoms with E-state index in [0.717, 1.165) is 12.1 Å². The second-order valence-corrected chi connectivity index (χ2v) is 6.49. The molecule has 0 radical (unpaired) electrons. The Kier molecular flexibility index (Phi) is 4.73. The molecule has 8 heteroatoms. The van der Waals surface area contributed by atoms with Crippen molar-refractivity contribution in [3.8, 4) is 5.75 Å². The summed E-state index contributed by atoms with van der Waals surface area (Å²) in [6.45, 7) is -0.00889. The summed E-state index contributed by atoms with van der Waals surface area (Å²) in [6, 6.07) is 8.14. The lowest BCUT2D eigenvalue weighted by atomic mass is 10.2. The molecule has 0 atom stereocenters. The molecule has 0 saturated carbocycles. The van der Waals surface area contributed by atoms with E-state index >= 15 is 0 Å². The predicted molar refractivity (Wildman–Crippen MR) is 78.6 cm³/mol. The molecule has 0 bridgehead atoms. The molecule has 0 amide bonds. The first-order valence-electron chi connectivity index (χ1n) is 5.67. The van der Waals surface area contributed by atoms with Crippen LogP contribution in [0.5, 0.6) is 5.75 Å². The van der Waals surface area contributed by atoms with Crippen LogP contribution in [0.25, 0.3) is 0 Å². The van der Waals surface area contributed by atoms with Gasteiger partial charge in [-0.15, -0.1) is 0 Å². The van der Waals surface area contributed by atoms with Crippen molar-refractivity contribution in [2.75, 3.05) is 0 Å². The summed E-state index contributed by atoms with van der Waals surface area (Å²) in [7, 11) is -3.96. The molecule has 2 aromatic rings. The Morgan fingerprint density at radius 1 is 1.19 bits per heavy atom. The fraction of sp³-hybridized carbons (Fsp3) is 0.0769. The van der Waals surface area contributed by atoms with Crippen molar-refractivity contribution in [1.29, 1.82) is 0 Å². The minimum atomic E-state index is -3.96. The maximum Gasteiger partial charge on any atom is 0.238 e. The molecule has 2 rings (SSSR count). The molecule has 0 aliphatic heterocycles. The number of ether oxygens (including phenoxy) is 1. The van der Waals surface area contributed by atoms with E-state index in [1.807, 2.05) is 0 Å². The van der Waals surface area contributed by atoms with Crippen molar-refractivity contribution in [3.63, 3.8) is 0 Å². The lowest BCUT2D eigenvalue weighted by Crippen LogP contribution is -2.12. The summed E-state index contributed by atoms with van der Waals surface area (Å²) in [5.41, 5.74) is 0.582. The normalized spacial score (nSPS) is 11.4. The zero-order chi connectivity index (χ0) is 15.6. The van der Waals surface area contributed by atoms with Gasteiger partial charge in [0.15, 0.2) is 11.6 Å². The van der Waals surface area contributed by atoms with Crippen LogP contribution in [0.3, 0.4) is 0 Å². The molecule has 0 spiro atoms. The molecule has 0 aliphatic carbocycles. The van der Waals surface area contributed by atoms with Gasteiger partial charge in [-0.25, -0.2) is 17.9 Å². The third kappa shape index (κ3) is 3.85. The molecular weight excluding hydrogens is 340 g/mol. The van der Waals surface area contributed by atoms with Crippen LogP contribution in [-0.2, 0) is 16.6 Å². The van der Waals surface area contributed by atoms with Gasteiger partial charge in [-0.2, -0.15) is 0 Å². The number of hydrogen-bond acceptors (Lipinski definition) is 3. The van der Waals surface area contributed by atoms with E-state index in [1.165, 1.54) is 6.07 Å². The summed E-state index contributed by atoms with van der Waals surface area (Å²) < 4.78 is 41.2. The van der Waals surface area contributed by atoms with Crippen LogP contribution >= 0.6 is 23.2 Å². The van der Waals surface area contributed by atoms with Crippen LogP contribution in [0.4, 0.5) is 4.39 Å².